The number of rotatable bonds is 4. The molecule has 0 radical (unpaired) electrons. The Morgan fingerprint density at radius 1 is 1.27 bits per heavy atom. The highest BCUT2D eigenvalue weighted by molar-refractivity contribution is 7.07. The van der Waals surface area contributed by atoms with E-state index in [1.165, 1.54) is 6.07 Å². The Hall–Kier alpha value is -2.06. The normalized spacial score (nSPS) is 16.5. The first-order valence-corrected chi connectivity index (χ1v) is 8.12. The van der Waals surface area contributed by atoms with E-state index in [4.69, 9.17) is 0 Å². The van der Waals surface area contributed by atoms with E-state index in [0.29, 0.717) is 5.82 Å². The van der Waals surface area contributed by atoms with Crippen LogP contribution in [0.25, 0.3) is 0 Å². The molecule has 1 aliphatic heterocycles. The molecule has 0 bridgehead atoms. The van der Waals surface area contributed by atoms with Crippen molar-refractivity contribution in [1.29, 1.82) is 0 Å². The van der Waals surface area contributed by atoms with Crippen molar-refractivity contribution in [2.75, 3.05) is 31.1 Å². The molecule has 0 atom stereocenters. The first-order valence-electron chi connectivity index (χ1n) is 7.18. The molecule has 2 aromatic heterocycles. The Kier molecular flexibility index (Phi) is 4.59. The third kappa shape index (κ3) is 3.40. The minimum absolute atomic E-state index is 0.0791. The Morgan fingerprint density at radius 2 is 2.18 bits per heavy atom. The highest BCUT2D eigenvalue weighted by Crippen LogP contribution is 2.25. The summed E-state index contributed by atoms with van der Waals surface area (Å²) in [6.45, 7) is 4.18. The number of aromatic nitrogens is 2. The predicted molar refractivity (Wildman–Crippen MR) is 85.1 cm³/mol. The summed E-state index contributed by atoms with van der Waals surface area (Å²) in [7, 11) is 0. The average molecular weight is 319 g/mol. The molecule has 0 amide bonds. The summed E-state index contributed by atoms with van der Waals surface area (Å²) < 4.78 is 0. The van der Waals surface area contributed by atoms with Crippen LogP contribution in [0.15, 0.2) is 29.2 Å². The molecule has 3 heterocycles. The number of hydrogen-bond acceptors (Lipinski definition) is 7. The summed E-state index contributed by atoms with van der Waals surface area (Å²) in [5.41, 5.74) is 3.01. The maximum atomic E-state index is 11.1. The van der Waals surface area contributed by atoms with Gasteiger partial charge in [-0.05, 0) is 12.5 Å². The van der Waals surface area contributed by atoms with Crippen molar-refractivity contribution in [3.05, 3.63) is 45.0 Å². The van der Waals surface area contributed by atoms with Crippen molar-refractivity contribution in [1.82, 2.24) is 14.9 Å². The van der Waals surface area contributed by atoms with Gasteiger partial charge in [0, 0.05) is 50.4 Å². The van der Waals surface area contributed by atoms with Crippen LogP contribution in [0.2, 0.25) is 0 Å². The molecule has 116 valence electrons. The van der Waals surface area contributed by atoms with Crippen molar-refractivity contribution >= 4 is 22.8 Å². The molecule has 0 unspecified atom stereocenters. The summed E-state index contributed by atoms with van der Waals surface area (Å²) in [4.78, 5) is 23.7. The van der Waals surface area contributed by atoms with E-state index in [2.05, 4.69) is 20.2 Å². The van der Waals surface area contributed by atoms with Crippen molar-refractivity contribution in [3.8, 4) is 0 Å². The van der Waals surface area contributed by atoms with Crippen LogP contribution in [-0.4, -0.2) is 46.0 Å². The van der Waals surface area contributed by atoms with Gasteiger partial charge in [-0.15, -0.1) is 11.3 Å². The second kappa shape index (κ2) is 6.80. The second-order valence-electron chi connectivity index (χ2n) is 5.20. The van der Waals surface area contributed by atoms with Crippen LogP contribution in [0.4, 0.5) is 11.5 Å². The van der Waals surface area contributed by atoms with Gasteiger partial charge in [0.25, 0.3) is 0 Å². The molecule has 1 saturated heterocycles. The van der Waals surface area contributed by atoms with E-state index in [9.17, 15) is 10.1 Å². The van der Waals surface area contributed by atoms with Crippen LogP contribution in [0.1, 0.15) is 12.1 Å². The molecule has 7 nitrogen and oxygen atoms in total. The SMILES string of the molecule is O=[N+]([O-])c1cccnc1N1CCCN(Cc2cscn2)CC1. The fraction of sp³-hybridized carbons (Fsp3) is 0.429. The number of nitrogens with zero attached hydrogens (tertiary/aromatic N) is 5. The summed E-state index contributed by atoms with van der Waals surface area (Å²) in [6, 6.07) is 3.12. The van der Waals surface area contributed by atoms with E-state index in [1.54, 1.807) is 23.6 Å². The number of thiazole rings is 1. The summed E-state index contributed by atoms with van der Waals surface area (Å²) in [5.74, 6) is 0.475. The lowest BCUT2D eigenvalue weighted by Gasteiger charge is -2.22. The Morgan fingerprint density at radius 3 is 2.95 bits per heavy atom. The van der Waals surface area contributed by atoms with Crippen LogP contribution < -0.4 is 4.90 Å². The zero-order valence-corrected chi connectivity index (χ0v) is 12.9. The zero-order valence-electron chi connectivity index (χ0n) is 12.1. The fourth-order valence-corrected chi connectivity index (χ4v) is 3.21. The molecule has 0 saturated carbocycles. The summed E-state index contributed by atoms with van der Waals surface area (Å²) >= 11 is 1.60. The molecule has 0 spiro atoms. The predicted octanol–water partition coefficient (Wildman–Crippen LogP) is 2.16. The Balaban J connectivity index is 1.69. The van der Waals surface area contributed by atoms with Crippen molar-refractivity contribution in [3.63, 3.8) is 0 Å². The molecule has 0 aromatic carbocycles. The Labute approximate surface area is 132 Å². The smallest absolute Gasteiger partial charge is 0.311 e. The average Bonchev–Trinajstić information content (AvgIpc) is 2.92. The lowest BCUT2D eigenvalue weighted by atomic mass is 10.3. The minimum Gasteiger partial charge on any atom is -0.350 e. The Bertz CT molecular complexity index is 634. The molecular formula is C14H17N5O2S. The highest BCUT2D eigenvalue weighted by atomic mass is 32.1. The number of nitro groups is 1. The van der Waals surface area contributed by atoms with Gasteiger partial charge in [-0.2, -0.15) is 0 Å². The van der Waals surface area contributed by atoms with Gasteiger partial charge in [-0.25, -0.2) is 9.97 Å². The molecule has 2 aromatic rings. The van der Waals surface area contributed by atoms with Crippen molar-refractivity contribution in [2.45, 2.75) is 13.0 Å². The number of pyridine rings is 1. The van der Waals surface area contributed by atoms with Crippen LogP contribution in [0.5, 0.6) is 0 Å². The van der Waals surface area contributed by atoms with Gasteiger partial charge in [0.15, 0.2) is 0 Å². The van der Waals surface area contributed by atoms with Gasteiger partial charge in [-0.3, -0.25) is 15.0 Å². The quantitative estimate of drug-likeness (QED) is 0.635. The van der Waals surface area contributed by atoms with Gasteiger partial charge in [0.05, 0.1) is 16.1 Å². The zero-order chi connectivity index (χ0) is 15.4. The van der Waals surface area contributed by atoms with Gasteiger partial charge < -0.3 is 4.90 Å². The first-order chi connectivity index (χ1) is 10.7. The highest BCUT2D eigenvalue weighted by Gasteiger charge is 2.23. The minimum atomic E-state index is -0.361. The van der Waals surface area contributed by atoms with Gasteiger partial charge in [0.1, 0.15) is 0 Å². The molecule has 0 aliphatic carbocycles. The van der Waals surface area contributed by atoms with Crippen LogP contribution >= 0.6 is 11.3 Å². The molecule has 22 heavy (non-hydrogen) atoms. The van der Waals surface area contributed by atoms with Crippen LogP contribution in [0.3, 0.4) is 0 Å². The van der Waals surface area contributed by atoms with Gasteiger partial charge in [-0.1, -0.05) is 0 Å². The lowest BCUT2D eigenvalue weighted by Crippen LogP contribution is -2.31. The molecule has 1 fully saturated rings. The topological polar surface area (TPSA) is 75.4 Å². The standard InChI is InChI=1S/C14H17N5O2S/c20-19(21)13-3-1-4-15-14(13)18-6-2-5-17(7-8-18)9-12-10-22-11-16-12/h1,3-4,10-11H,2,5-9H2. The fourth-order valence-electron chi connectivity index (χ4n) is 2.66. The van der Waals surface area contributed by atoms with E-state index in [-0.39, 0.29) is 10.6 Å². The van der Waals surface area contributed by atoms with Crippen molar-refractivity contribution < 1.29 is 4.92 Å². The van der Waals surface area contributed by atoms with E-state index in [1.807, 2.05) is 10.4 Å². The number of anilines is 1. The van der Waals surface area contributed by atoms with E-state index in [0.717, 1.165) is 44.8 Å². The maximum Gasteiger partial charge on any atom is 0.311 e. The van der Waals surface area contributed by atoms with E-state index >= 15 is 0 Å². The third-order valence-electron chi connectivity index (χ3n) is 3.72. The second-order valence-corrected chi connectivity index (χ2v) is 5.92. The first kappa shape index (κ1) is 14.9. The third-order valence-corrected chi connectivity index (χ3v) is 4.36. The summed E-state index contributed by atoms with van der Waals surface area (Å²) in [6.07, 6.45) is 2.57. The van der Waals surface area contributed by atoms with Crippen LogP contribution in [-0.2, 0) is 6.54 Å². The monoisotopic (exact) mass is 319 g/mol. The summed E-state index contributed by atoms with van der Waals surface area (Å²) in [5, 5.41) is 13.2. The number of hydrogen-bond donors (Lipinski definition) is 0. The van der Waals surface area contributed by atoms with Crippen molar-refractivity contribution in [2.24, 2.45) is 0 Å². The molecule has 0 N–H and O–H groups in total. The molecule has 8 heteroatoms. The molecule has 1 aliphatic rings. The van der Waals surface area contributed by atoms with Gasteiger partial charge in [0.2, 0.25) is 5.82 Å². The largest absolute Gasteiger partial charge is 0.350 e. The molecule has 3 rings (SSSR count). The van der Waals surface area contributed by atoms with E-state index < -0.39 is 0 Å². The lowest BCUT2D eigenvalue weighted by molar-refractivity contribution is -0.384. The maximum absolute atomic E-state index is 11.1. The van der Waals surface area contributed by atoms with Gasteiger partial charge >= 0.3 is 5.69 Å². The molecular weight excluding hydrogens is 302 g/mol. The van der Waals surface area contributed by atoms with Crippen LogP contribution in [0, 0.1) is 10.1 Å².